The SMILES string of the molecule is NC(=O)c1nc(C(=O)N2CC3CN(CCCc4ccccc4)C[C@H]3C2)cs1. The Bertz CT molecular complexity index is 808. The Kier molecular flexibility index (Phi) is 5.22. The number of primary amides is 1. The molecular weight excluding hydrogens is 360 g/mol. The molecule has 7 heteroatoms. The molecule has 0 saturated carbocycles. The molecule has 0 aliphatic carbocycles. The minimum atomic E-state index is -0.580. The Balaban J connectivity index is 1.25. The Morgan fingerprint density at radius 3 is 2.44 bits per heavy atom. The first-order chi connectivity index (χ1) is 13.1. The van der Waals surface area contributed by atoms with E-state index in [9.17, 15) is 9.59 Å². The molecule has 2 amide bonds. The maximum Gasteiger partial charge on any atom is 0.277 e. The standard InChI is InChI=1S/C20H24N4O2S/c21-18(25)19-22-17(13-27-19)20(26)24-11-15-9-23(10-16(15)12-24)8-4-7-14-5-2-1-3-6-14/h1-3,5-6,13,15-16H,4,7-12H2,(H2,21,25)/t15-,16?/m0/s1. The Hall–Kier alpha value is -2.25. The van der Waals surface area contributed by atoms with Crippen molar-refractivity contribution in [2.24, 2.45) is 17.6 Å². The summed E-state index contributed by atoms with van der Waals surface area (Å²) in [6.07, 6.45) is 2.28. The van der Waals surface area contributed by atoms with Gasteiger partial charge in [0.15, 0.2) is 5.01 Å². The number of aromatic nitrogens is 1. The molecule has 2 aliphatic rings. The molecule has 2 fully saturated rings. The first-order valence-electron chi connectivity index (χ1n) is 9.41. The van der Waals surface area contributed by atoms with Gasteiger partial charge in [-0.25, -0.2) is 4.98 Å². The molecule has 2 aromatic rings. The van der Waals surface area contributed by atoms with E-state index in [0.29, 0.717) is 17.5 Å². The van der Waals surface area contributed by atoms with Crippen molar-refractivity contribution in [3.05, 3.63) is 52.0 Å². The van der Waals surface area contributed by atoms with Gasteiger partial charge in [-0.3, -0.25) is 9.59 Å². The lowest BCUT2D eigenvalue weighted by Crippen LogP contribution is -2.33. The predicted molar refractivity (Wildman–Crippen MR) is 105 cm³/mol. The zero-order valence-electron chi connectivity index (χ0n) is 15.2. The second kappa shape index (κ2) is 7.78. The number of benzene rings is 1. The van der Waals surface area contributed by atoms with E-state index in [2.05, 4.69) is 40.2 Å². The summed E-state index contributed by atoms with van der Waals surface area (Å²) in [7, 11) is 0. The molecule has 0 bridgehead atoms. The van der Waals surface area contributed by atoms with E-state index in [1.54, 1.807) is 5.38 Å². The number of likely N-dealkylation sites (tertiary alicyclic amines) is 2. The van der Waals surface area contributed by atoms with Crippen molar-refractivity contribution in [2.75, 3.05) is 32.7 Å². The van der Waals surface area contributed by atoms with E-state index in [4.69, 9.17) is 5.73 Å². The summed E-state index contributed by atoms with van der Waals surface area (Å²) in [5, 5.41) is 1.83. The highest BCUT2D eigenvalue weighted by molar-refractivity contribution is 7.11. The van der Waals surface area contributed by atoms with Crippen LogP contribution in [-0.4, -0.2) is 59.3 Å². The molecular formula is C20H24N4O2S. The summed E-state index contributed by atoms with van der Waals surface area (Å²) < 4.78 is 0. The fourth-order valence-electron chi connectivity index (χ4n) is 4.24. The topological polar surface area (TPSA) is 79.5 Å². The van der Waals surface area contributed by atoms with Gasteiger partial charge in [-0.2, -0.15) is 0 Å². The number of rotatable bonds is 6. The van der Waals surface area contributed by atoms with Crippen LogP contribution in [0, 0.1) is 11.8 Å². The highest BCUT2D eigenvalue weighted by Gasteiger charge is 2.41. The smallest absolute Gasteiger partial charge is 0.277 e. The molecule has 2 aliphatic heterocycles. The van der Waals surface area contributed by atoms with E-state index >= 15 is 0 Å². The molecule has 1 aromatic heterocycles. The summed E-state index contributed by atoms with van der Waals surface area (Å²) in [6.45, 7) is 4.80. The lowest BCUT2D eigenvalue weighted by molar-refractivity contribution is 0.0769. The summed E-state index contributed by atoms with van der Waals surface area (Å²) >= 11 is 1.13. The van der Waals surface area contributed by atoms with Crippen molar-refractivity contribution in [2.45, 2.75) is 12.8 Å². The van der Waals surface area contributed by atoms with Gasteiger partial charge < -0.3 is 15.5 Å². The summed E-state index contributed by atoms with van der Waals surface area (Å²) in [4.78, 5) is 32.3. The summed E-state index contributed by atoms with van der Waals surface area (Å²) in [6, 6.07) is 10.6. The third-order valence-electron chi connectivity index (χ3n) is 5.57. The second-order valence-electron chi connectivity index (χ2n) is 7.48. The minimum absolute atomic E-state index is 0.0798. The van der Waals surface area contributed by atoms with Crippen molar-refractivity contribution in [1.29, 1.82) is 0 Å². The highest BCUT2D eigenvalue weighted by atomic mass is 32.1. The average Bonchev–Trinajstić information content (AvgIpc) is 3.36. The van der Waals surface area contributed by atoms with Gasteiger partial charge >= 0.3 is 0 Å². The second-order valence-corrected chi connectivity index (χ2v) is 8.34. The van der Waals surface area contributed by atoms with Crippen LogP contribution in [0.5, 0.6) is 0 Å². The van der Waals surface area contributed by atoms with Gasteiger partial charge in [-0.15, -0.1) is 11.3 Å². The number of hydrogen-bond donors (Lipinski definition) is 1. The van der Waals surface area contributed by atoms with Crippen molar-refractivity contribution in [1.82, 2.24) is 14.8 Å². The van der Waals surface area contributed by atoms with E-state index in [1.807, 2.05) is 4.90 Å². The quantitative estimate of drug-likeness (QED) is 0.825. The molecule has 27 heavy (non-hydrogen) atoms. The number of hydrogen-bond acceptors (Lipinski definition) is 5. The lowest BCUT2D eigenvalue weighted by Gasteiger charge is -2.21. The largest absolute Gasteiger partial charge is 0.364 e. The van der Waals surface area contributed by atoms with Crippen molar-refractivity contribution < 1.29 is 9.59 Å². The zero-order chi connectivity index (χ0) is 18.8. The number of nitrogens with two attached hydrogens (primary N) is 1. The third-order valence-corrected chi connectivity index (χ3v) is 6.42. The van der Waals surface area contributed by atoms with Gasteiger partial charge in [-0.1, -0.05) is 30.3 Å². The van der Waals surface area contributed by atoms with Crippen LogP contribution >= 0.6 is 11.3 Å². The van der Waals surface area contributed by atoms with Crippen LogP contribution in [0.25, 0.3) is 0 Å². The maximum absolute atomic E-state index is 12.6. The normalized spacial score (nSPS) is 22.1. The van der Waals surface area contributed by atoms with Crippen molar-refractivity contribution in [3.63, 3.8) is 0 Å². The number of aryl methyl sites for hydroxylation is 1. The first-order valence-corrected chi connectivity index (χ1v) is 10.3. The Morgan fingerprint density at radius 1 is 1.11 bits per heavy atom. The number of thiazole rings is 1. The third kappa shape index (κ3) is 4.04. The van der Waals surface area contributed by atoms with Gasteiger partial charge in [-0.05, 0) is 36.8 Å². The number of nitrogens with zero attached hydrogens (tertiary/aromatic N) is 3. The molecule has 6 nitrogen and oxygen atoms in total. The minimum Gasteiger partial charge on any atom is -0.364 e. The van der Waals surface area contributed by atoms with Crippen LogP contribution in [0.15, 0.2) is 35.7 Å². The van der Waals surface area contributed by atoms with Crippen LogP contribution in [0.3, 0.4) is 0 Å². The highest BCUT2D eigenvalue weighted by Crippen LogP contribution is 2.32. The van der Waals surface area contributed by atoms with E-state index < -0.39 is 5.91 Å². The fraction of sp³-hybridized carbons (Fsp3) is 0.450. The molecule has 0 radical (unpaired) electrons. The number of carbonyl (C=O) groups excluding carboxylic acids is 2. The van der Waals surface area contributed by atoms with Crippen molar-refractivity contribution in [3.8, 4) is 0 Å². The number of carbonyl (C=O) groups is 2. The van der Waals surface area contributed by atoms with E-state index in [1.165, 1.54) is 12.0 Å². The zero-order valence-corrected chi connectivity index (χ0v) is 16.0. The van der Waals surface area contributed by atoms with Gasteiger partial charge in [0.05, 0.1) is 0 Å². The Morgan fingerprint density at radius 2 is 1.81 bits per heavy atom. The van der Waals surface area contributed by atoms with Crippen LogP contribution in [-0.2, 0) is 6.42 Å². The van der Waals surface area contributed by atoms with Crippen LogP contribution in [0.1, 0.15) is 32.3 Å². The van der Waals surface area contributed by atoms with Gasteiger partial charge in [0.2, 0.25) is 0 Å². The van der Waals surface area contributed by atoms with Gasteiger partial charge in [0, 0.05) is 31.6 Å². The molecule has 4 rings (SSSR count). The predicted octanol–water partition coefficient (Wildman–Crippen LogP) is 1.88. The van der Waals surface area contributed by atoms with Gasteiger partial charge in [0.1, 0.15) is 5.69 Å². The monoisotopic (exact) mass is 384 g/mol. The lowest BCUT2D eigenvalue weighted by atomic mass is 10.0. The van der Waals surface area contributed by atoms with Gasteiger partial charge in [0.25, 0.3) is 11.8 Å². The first kappa shape index (κ1) is 18.1. The number of fused-ring (bicyclic) bond motifs is 1. The molecule has 2 saturated heterocycles. The van der Waals surface area contributed by atoms with E-state index in [-0.39, 0.29) is 10.9 Å². The molecule has 2 atom stereocenters. The fourth-order valence-corrected chi connectivity index (χ4v) is 4.88. The maximum atomic E-state index is 12.6. The average molecular weight is 385 g/mol. The van der Waals surface area contributed by atoms with Crippen molar-refractivity contribution >= 4 is 23.2 Å². The summed E-state index contributed by atoms with van der Waals surface area (Å²) in [5.41, 5.74) is 6.96. The molecule has 2 N–H and O–H groups in total. The number of amides is 2. The summed E-state index contributed by atoms with van der Waals surface area (Å²) in [5.74, 6) is 0.423. The van der Waals surface area contributed by atoms with E-state index in [0.717, 1.165) is 50.5 Å². The molecule has 1 unspecified atom stereocenters. The molecule has 1 aromatic carbocycles. The van der Waals surface area contributed by atoms with Crippen LogP contribution in [0.2, 0.25) is 0 Å². The molecule has 142 valence electrons. The van der Waals surface area contributed by atoms with Crippen LogP contribution < -0.4 is 5.73 Å². The van der Waals surface area contributed by atoms with Crippen LogP contribution in [0.4, 0.5) is 0 Å². The molecule has 3 heterocycles. The Labute approximate surface area is 163 Å². The molecule has 0 spiro atoms.